The van der Waals surface area contributed by atoms with Crippen LogP contribution in [0.2, 0.25) is 0 Å². The Morgan fingerprint density at radius 1 is 1.78 bits per heavy atom. The van der Waals surface area contributed by atoms with E-state index in [9.17, 15) is 4.79 Å². The molecule has 4 heteroatoms. The lowest BCUT2D eigenvalue weighted by Crippen LogP contribution is -2.03. The molecule has 0 rings (SSSR count). The Morgan fingerprint density at radius 2 is 2.44 bits per heavy atom. The van der Waals surface area contributed by atoms with Crippen molar-refractivity contribution >= 4 is 27.6 Å². The smallest absolute Gasteiger partial charge is 0.306 e. The number of ether oxygens (including phenoxy) is 1. The molecule has 0 aromatic heterocycles. The van der Waals surface area contributed by atoms with Gasteiger partial charge in [0.25, 0.3) is 0 Å². The first-order chi connectivity index (χ1) is 4.31. The normalized spacial score (nSPS) is 9.11. The van der Waals surface area contributed by atoms with Gasteiger partial charge in [0.05, 0.1) is 13.0 Å². The van der Waals surface area contributed by atoms with Crippen molar-refractivity contribution in [1.82, 2.24) is 0 Å². The SMILES string of the molecule is CCOC(=O)CCSCl. The number of rotatable bonds is 4. The van der Waals surface area contributed by atoms with Crippen LogP contribution in [0, 0.1) is 0 Å². The average Bonchev–Trinajstić information content (AvgIpc) is 1.85. The molecule has 0 aliphatic carbocycles. The zero-order chi connectivity index (χ0) is 7.11. The molecule has 0 saturated carbocycles. The van der Waals surface area contributed by atoms with Crippen LogP contribution < -0.4 is 0 Å². The summed E-state index contributed by atoms with van der Waals surface area (Å²) in [4.78, 5) is 10.5. The van der Waals surface area contributed by atoms with Gasteiger partial charge in [-0.2, -0.15) is 0 Å². The van der Waals surface area contributed by atoms with Crippen molar-refractivity contribution in [2.75, 3.05) is 12.4 Å². The number of hydrogen-bond donors (Lipinski definition) is 0. The van der Waals surface area contributed by atoms with Gasteiger partial charge in [-0.25, -0.2) is 0 Å². The summed E-state index contributed by atoms with van der Waals surface area (Å²) < 4.78 is 4.63. The Labute approximate surface area is 63.4 Å². The van der Waals surface area contributed by atoms with Crippen molar-refractivity contribution in [3.63, 3.8) is 0 Å². The molecule has 0 bridgehead atoms. The van der Waals surface area contributed by atoms with Crippen LogP contribution in [-0.4, -0.2) is 18.3 Å². The fourth-order valence-electron chi connectivity index (χ4n) is 0.355. The summed E-state index contributed by atoms with van der Waals surface area (Å²) >= 11 is 0. The van der Waals surface area contributed by atoms with Crippen LogP contribution in [0.1, 0.15) is 13.3 Å². The van der Waals surface area contributed by atoms with Crippen LogP contribution in [0.5, 0.6) is 0 Å². The maximum absolute atomic E-state index is 10.5. The van der Waals surface area contributed by atoms with Crippen LogP contribution >= 0.6 is 21.7 Å². The molecule has 0 radical (unpaired) electrons. The molecule has 0 N–H and O–H groups in total. The molecule has 0 unspecified atom stereocenters. The van der Waals surface area contributed by atoms with E-state index in [0.717, 1.165) is 11.0 Å². The van der Waals surface area contributed by atoms with Crippen LogP contribution in [0.25, 0.3) is 0 Å². The molecule has 0 spiro atoms. The Bertz CT molecular complexity index is 87.0. The van der Waals surface area contributed by atoms with E-state index in [1.54, 1.807) is 6.92 Å². The third kappa shape index (κ3) is 5.99. The molecular weight excluding hydrogens is 160 g/mol. The maximum Gasteiger partial charge on any atom is 0.306 e. The predicted molar refractivity (Wildman–Crippen MR) is 39.6 cm³/mol. The molecule has 0 saturated heterocycles. The summed E-state index contributed by atoms with van der Waals surface area (Å²) in [5.74, 6) is 0.450. The Balaban J connectivity index is 3.06. The van der Waals surface area contributed by atoms with Crippen molar-refractivity contribution in [2.45, 2.75) is 13.3 Å². The molecule has 0 aliphatic heterocycles. The first kappa shape index (κ1) is 9.11. The van der Waals surface area contributed by atoms with Gasteiger partial charge in [-0.15, -0.1) is 0 Å². The second kappa shape index (κ2) is 6.23. The van der Waals surface area contributed by atoms with E-state index >= 15 is 0 Å². The third-order valence-corrected chi connectivity index (χ3v) is 1.51. The third-order valence-electron chi connectivity index (χ3n) is 0.689. The van der Waals surface area contributed by atoms with Gasteiger partial charge < -0.3 is 4.74 Å². The number of carbonyl (C=O) groups is 1. The zero-order valence-electron chi connectivity index (χ0n) is 5.22. The molecule has 9 heavy (non-hydrogen) atoms. The Morgan fingerprint density at radius 3 is 2.89 bits per heavy atom. The maximum atomic E-state index is 10.5. The second-order valence-corrected chi connectivity index (χ2v) is 2.65. The van der Waals surface area contributed by atoms with Gasteiger partial charge in [0, 0.05) is 5.75 Å². The van der Waals surface area contributed by atoms with Gasteiger partial charge in [0.2, 0.25) is 0 Å². The monoisotopic (exact) mass is 168 g/mol. The highest BCUT2D eigenvalue weighted by Gasteiger charge is 1.98. The zero-order valence-corrected chi connectivity index (χ0v) is 6.80. The van der Waals surface area contributed by atoms with E-state index in [1.807, 2.05) is 0 Å². The molecule has 0 aromatic rings. The summed E-state index contributed by atoms with van der Waals surface area (Å²) in [7, 11) is 6.38. The highest BCUT2D eigenvalue weighted by molar-refractivity contribution is 8.21. The first-order valence-electron chi connectivity index (χ1n) is 2.70. The molecule has 0 heterocycles. The van der Waals surface area contributed by atoms with Crippen LogP contribution in [0.15, 0.2) is 0 Å². The Hall–Kier alpha value is 0.110. The van der Waals surface area contributed by atoms with Gasteiger partial charge in [0.15, 0.2) is 0 Å². The Kier molecular flexibility index (Phi) is 6.31. The fourth-order valence-corrected chi connectivity index (χ4v) is 0.830. The molecule has 0 atom stereocenters. The molecule has 0 fully saturated rings. The van der Waals surface area contributed by atoms with Gasteiger partial charge >= 0.3 is 5.97 Å². The molecule has 0 aromatic carbocycles. The summed E-state index contributed by atoms with van der Waals surface area (Å²) in [5.41, 5.74) is 0. The first-order valence-corrected chi connectivity index (χ1v) is 4.51. The van der Waals surface area contributed by atoms with Crippen molar-refractivity contribution in [3.8, 4) is 0 Å². The van der Waals surface area contributed by atoms with E-state index in [1.165, 1.54) is 0 Å². The van der Waals surface area contributed by atoms with Crippen LogP contribution in [-0.2, 0) is 9.53 Å². The van der Waals surface area contributed by atoms with E-state index in [-0.39, 0.29) is 5.97 Å². The number of esters is 1. The lowest BCUT2D eigenvalue weighted by atomic mass is 10.5. The van der Waals surface area contributed by atoms with Crippen LogP contribution in [0.4, 0.5) is 0 Å². The standard InChI is InChI=1S/C5H9ClO2S/c1-2-8-5(7)3-4-9-6/h2-4H2,1H3. The highest BCUT2D eigenvalue weighted by atomic mass is 35.7. The van der Waals surface area contributed by atoms with Crippen molar-refractivity contribution in [1.29, 1.82) is 0 Å². The lowest BCUT2D eigenvalue weighted by Gasteiger charge is -1.97. The minimum Gasteiger partial charge on any atom is -0.466 e. The van der Waals surface area contributed by atoms with Crippen molar-refractivity contribution < 1.29 is 9.53 Å². The van der Waals surface area contributed by atoms with Gasteiger partial charge in [-0.3, -0.25) is 4.79 Å². The van der Waals surface area contributed by atoms with E-state index in [2.05, 4.69) is 4.74 Å². The number of hydrogen-bond acceptors (Lipinski definition) is 3. The van der Waals surface area contributed by atoms with E-state index in [0.29, 0.717) is 18.8 Å². The lowest BCUT2D eigenvalue weighted by molar-refractivity contribution is -0.142. The topological polar surface area (TPSA) is 26.3 Å². The molecule has 0 amide bonds. The summed E-state index contributed by atoms with van der Waals surface area (Å²) in [6.45, 7) is 2.23. The predicted octanol–water partition coefficient (Wildman–Crippen LogP) is 1.83. The minimum absolute atomic E-state index is 0.175. The van der Waals surface area contributed by atoms with Gasteiger partial charge in [-0.1, -0.05) is 11.0 Å². The molecule has 0 aliphatic rings. The van der Waals surface area contributed by atoms with Crippen LogP contribution in [0.3, 0.4) is 0 Å². The highest BCUT2D eigenvalue weighted by Crippen LogP contribution is 2.07. The van der Waals surface area contributed by atoms with Crippen molar-refractivity contribution in [3.05, 3.63) is 0 Å². The second-order valence-electron chi connectivity index (χ2n) is 1.37. The minimum atomic E-state index is -0.175. The van der Waals surface area contributed by atoms with Crippen molar-refractivity contribution in [2.24, 2.45) is 0 Å². The van der Waals surface area contributed by atoms with E-state index in [4.69, 9.17) is 10.7 Å². The fraction of sp³-hybridized carbons (Fsp3) is 0.800. The number of carbonyl (C=O) groups excluding carboxylic acids is 1. The summed E-state index contributed by atoms with van der Waals surface area (Å²) in [6.07, 6.45) is 0.405. The molecule has 2 nitrogen and oxygen atoms in total. The summed E-state index contributed by atoms with van der Waals surface area (Å²) in [5, 5.41) is 0. The average molecular weight is 169 g/mol. The van der Waals surface area contributed by atoms with Gasteiger partial charge in [-0.05, 0) is 17.6 Å². The van der Waals surface area contributed by atoms with Gasteiger partial charge in [0.1, 0.15) is 0 Å². The quantitative estimate of drug-likeness (QED) is 0.600. The summed E-state index contributed by atoms with van der Waals surface area (Å²) in [6, 6.07) is 0. The molecule has 54 valence electrons. The van der Waals surface area contributed by atoms with E-state index < -0.39 is 0 Å². The number of halogens is 1. The largest absolute Gasteiger partial charge is 0.466 e. The molecular formula is C5H9ClO2S.